The molecule has 3 heterocycles. The van der Waals surface area contributed by atoms with Crippen molar-refractivity contribution in [2.24, 2.45) is 0 Å². The van der Waals surface area contributed by atoms with E-state index in [2.05, 4.69) is 30.7 Å². The predicted molar refractivity (Wildman–Crippen MR) is 101 cm³/mol. The molecule has 2 aromatic heterocycles. The first-order valence-electron chi connectivity index (χ1n) is 9.02. The Morgan fingerprint density at radius 3 is 2.85 bits per heavy atom. The zero-order valence-corrected chi connectivity index (χ0v) is 15.4. The highest BCUT2D eigenvalue weighted by Gasteiger charge is 2.12. The quantitative estimate of drug-likeness (QED) is 0.661. The second kappa shape index (κ2) is 9.67. The molecule has 1 aliphatic rings. The minimum absolute atomic E-state index is 0.180. The fourth-order valence-corrected chi connectivity index (χ4v) is 2.65. The van der Waals surface area contributed by atoms with E-state index in [1.807, 2.05) is 13.0 Å². The van der Waals surface area contributed by atoms with Gasteiger partial charge in [0.2, 0.25) is 5.88 Å². The fraction of sp³-hybridized carbons (Fsp3) is 0.444. The minimum atomic E-state index is -0.180. The molecule has 1 amide bonds. The summed E-state index contributed by atoms with van der Waals surface area (Å²) in [6, 6.07) is 5.33. The van der Waals surface area contributed by atoms with E-state index in [1.54, 1.807) is 18.3 Å². The van der Waals surface area contributed by atoms with Gasteiger partial charge in [0, 0.05) is 44.5 Å². The number of carbonyl (C=O) groups is 1. The van der Waals surface area contributed by atoms with E-state index >= 15 is 0 Å². The van der Waals surface area contributed by atoms with Gasteiger partial charge in [-0.1, -0.05) is 0 Å². The normalized spacial score (nSPS) is 13.9. The second-order valence-corrected chi connectivity index (χ2v) is 5.90. The van der Waals surface area contributed by atoms with Crippen LogP contribution in [0.1, 0.15) is 17.3 Å². The molecule has 0 saturated carbocycles. The molecule has 2 aromatic rings. The van der Waals surface area contributed by atoms with Crippen LogP contribution >= 0.6 is 0 Å². The van der Waals surface area contributed by atoms with E-state index in [0.717, 1.165) is 32.0 Å². The minimum Gasteiger partial charge on any atom is -0.478 e. The third-order valence-electron chi connectivity index (χ3n) is 4.02. The largest absolute Gasteiger partial charge is 0.478 e. The molecule has 2 N–H and O–H groups in total. The Morgan fingerprint density at radius 2 is 2.11 bits per heavy atom. The van der Waals surface area contributed by atoms with Crippen molar-refractivity contribution in [3.05, 3.63) is 36.2 Å². The summed E-state index contributed by atoms with van der Waals surface area (Å²) in [5.41, 5.74) is 1.51. The lowest BCUT2D eigenvalue weighted by atomic mass is 10.2. The summed E-state index contributed by atoms with van der Waals surface area (Å²) in [7, 11) is 0. The van der Waals surface area contributed by atoms with Gasteiger partial charge in [-0.3, -0.25) is 4.79 Å². The van der Waals surface area contributed by atoms with Crippen LogP contribution in [-0.2, 0) is 4.74 Å². The molecule has 0 spiro atoms. The van der Waals surface area contributed by atoms with Gasteiger partial charge in [0.1, 0.15) is 0 Å². The molecule has 27 heavy (non-hydrogen) atoms. The molecule has 3 rings (SSSR count). The zero-order chi connectivity index (χ0) is 18.9. The summed E-state index contributed by atoms with van der Waals surface area (Å²) in [6.45, 7) is 6.55. The molecule has 144 valence electrons. The van der Waals surface area contributed by atoms with Crippen LogP contribution in [0.4, 0.5) is 11.5 Å². The van der Waals surface area contributed by atoms with Gasteiger partial charge >= 0.3 is 0 Å². The zero-order valence-electron chi connectivity index (χ0n) is 15.4. The Morgan fingerprint density at radius 1 is 1.26 bits per heavy atom. The van der Waals surface area contributed by atoms with Gasteiger partial charge in [0.25, 0.3) is 5.91 Å². The summed E-state index contributed by atoms with van der Waals surface area (Å²) < 4.78 is 10.6. The summed E-state index contributed by atoms with van der Waals surface area (Å²) in [5.74, 6) is 1.01. The van der Waals surface area contributed by atoms with Crippen LogP contribution in [0.25, 0.3) is 0 Å². The van der Waals surface area contributed by atoms with Crippen molar-refractivity contribution >= 4 is 17.4 Å². The number of anilines is 2. The molecule has 0 atom stereocenters. The summed E-state index contributed by atoms with van der Waals surface area (Å²) in [4.78, 5) is 18.4. The number of nitrogens with one attached hydrogen (secondary N) is 2. The number of amides is 1. The molecular weight excluding hydrogens is 348 g/mol. The maximum Gasteiger partial charge on any atom is 0.252 e. The van der Waals surface area contributed by atoms with Crippen LogP contribution in [-0.4, -0.2) is 67.1 Å². The number of hydrogen-bond donors (Lipinski definition) is 2. The second-order valence-electron chi connectivity index (χ2n) is 5.90. The van der Waals surface area contributed by atoms with E-state index in [0.29, 0.717) is 37.0 Å². The summed E-state index contributed by atoms with van der Waals surface area (Å²) in [5, 5.41) is 14.1. The number of morpholine rings is 1. The van der Waals surface area contributed by atoms with Gasteiger partial charge < -0.3 is 25.0 Å². The van der Waals surface area contributed by atoms with Crippen molar-refractivity contribution in [2.45, 2.75) is 6.92 Å². The molecular formula is C18H24N6O3. The lowest BCUT2D eigenvalue weighted by Crippen LogP contribution is -2.36. The van der Waals surface area contributed by atoms with Gasteiger partial charge in [-0.05, 0) is 13.0 Å². The average Bonchev–Trinajstić information content (AvgIpc) is 2.73. The maximum absolute atomic E-state index is 12.1. The van der Waals surface area contributed by atoms with Gasteiger partial charge in [-0.25, -0.2) is 4.98 Å². The van der Waals surface area contributed by atoms with Crippen molar-refractivity contribution in [3.63, 3.8) is 0 Å². The van der Waals surface area contributed by atoms with E-state index in [1.165, 1.54) is 6.20 Å². The van der Waals surface area contributed by atoms with Crippen LogP contribution < -0.4 is 20.3 Å². The van der Waals surface area contributed by atoms with Gasteiger partial charge in [-0.15, -0.1) is 5.10 Å². The van der Waals surface area contributed by atoms with Gasteiger partial charge in [0.05, 0.1) is 37.3 Å². The molecule has 9 nitrogen and oxygen atoms in total. The number of rotatable bonds is 8. The van der Waals surface area contributed by atoms with E-state index in [4.69, 9.17) is 9.47 Å². The molecule has 1 fully saturated rings. The number of pyridine rings is 1. The fourth-order valence-electron chi connectivity index (χ4n) is 2.65. The number of carbonyl (C=O) groups excluding carboxylic acids is 1. The average molecular weight is 372 g/mol. The third-order valence-corrected chi connectivity index (χ3v) is 4.02. The topological polar surface area (TPSA) is 102 Å². The van der Waals surface area contributed by atoms with E-state index in [9.17, 15) is 4.79 Å². The lowest BCUT2D eigenvalue weighted by Gasteiger charge is -2.28. The van der Waals surface area contributed by atoms with E-state index < -0.39 is 0 Å². The standard InChI is InChI=1S/C18H24N6O3/c1-2-27-17-4-3-14(12-21-17)18(25)20-6-5-19-16-11-15(13-22-23-16)24-7-9-26-10-8-24/h3-4,11-13H,2,5-10H2,1H3,(H,19,23)(H,20,25). The molecule has 1 saturated heterocycles. The lowest BCUT2D eigenvalue weighted by molar-refractivity contribution is 0.0954. The summed E-state index contributed by atoms with van der Waals surface area (Å²) in [6.07, 6.45) is 3.25. The monoisotopic (exact) mass is 372 g/mol. The molecule has 0 radical (unpaired) electrons. The molecule has 0 unspecified atom stereocenters. The van der Waals surface area contributed by atoms with Crippen LogP contribution in [0.2, 0.25) is 0 Å². The smallest absolute Gasteiger partial charge is 0.252 e. The molecule has 0 aromatic carbocycles. The number of ether oxygens (including phenoxy) is 2. The van der Waals surface area contributed by atoms with Crippen molar-refractivity contribution in [3.8, 4) is 5.88 Å². The Hall–Kier alpha value is -2.94. The number of nitrogens with zero attached hydrogens (tertiary/aromatic N) is 4. The van der Waals surface area contributed by atoms with Crippen molar-refractivity contribution in [1.82, 2.24) is 20.5 Å². The Labute approximate surface area is 158 Å². The Kier molecular flexibility index (Phi) is 6.75. The Balaban J connectivity index is 1.43. The van der Waals surface area contributed by atoms with Gasteiger partial charge in [0.15, 0.2) is 5.82 Å². The predicted octanol–water partition coefficient (Wildman–Crippen LogP) is 0.949. The van der Waals surface area contributed by atoms with Gasteiger partial charge in [-0.2, -0.15) is 5.10 Å². The van der Waals surface area contributed by atoms with Crippen LogP contribution in [0.5, 0.6) is 5.88 Å². The van der Waals surface area contributed by atoms with Crippen LogP contribution in [0.15, 0.2) is 30.6 Å². The number of aromatic nitrogens is 3. The molecule has 0 aliphatic carbocycles. The molecule has 0 bridgehead atoms. The highest BCUT2D eigenvalue weighted by molar-refractivity contribution is 5.93. The van der Waals surface area contributed by atoms with Crippen LogP contribution in [0, 0.1) is 0 Å². The van der Waals surface area contributed by atoms with Crippen molar-refractivity contribution in [1.29, 1.82) is 0 Å². The maximum atomic E-state index is 12.1. The highest BCUT2D eigenvalue weighted by atomic mass is 16.5. The van der Waals surface area contributed by atoms with Crippen LogP contribution in [0.3, 0.4) is 0 Å². The first kappa shape index (κ1) is 18.8. The Bertz CT molecular complexity index is 734. The number of hydrogen-bond acceptors (Lipinski definition) is 8. The first-order chi connectivity index (χ1) is 13.3. The van der Waals surface area contributed by atoms with Crippen molar-refractivity contribution in [2.75, 3.05) is 56.2 Å². The first-order valence-corrected chi connectivity index (χ1v) is 9.02. The highest BCUT2D eigenvalue weighted by Crippen LogP contribution is 2.16. The summed E-state index contributed by atoms with van der Waals surface area (Å²) >= 11 is 0. The SMILES string of the molecule is CCOc1ccc(C(=O)NCCNc2cc(N3CCOCC3)cnn2)cn1. The van der Waals surface area contributed by atoms with Crippen molar-refractivity contribution < 1.29 is 14.3 Å². The molecule has 1 aliphatic heterocycles. The molecule has 9 heteroatoms. The van der Waals surface area contributed by atoms with E-state index in [-0.39, 0.29) is 5.91 Å². The third kappa shape index (κ3) is 5.52.